The van der Waals surface area contributed by atoms with E-state index in [1.807, 2.05) is 12.1 Å². The normalized spacial score (nSPS) is 12.3. The zero-order valence-electron chi connectivity index (χ0n) is 21.3. The van der Waals surface area contributed by atoms with E-state index in [1.54, 1.807) is 24.3 Å². The summed E-state index contributed by atoms with van der Waals surface area (Å²) in [6.07, 6.45) is 2.27. The van der Waals surface area contributed by atoms with Crippen molar-refractivity contribution >= 4 is 12.0 Å². The van der Waals surface area contributed by atoms with Crippen LogP contribution in [-0.4, -0.2) is 23.2 Å². The SMILES string of the molecule is C=CCc1cc(C=CC(=O)O)cc(OC)c1OC(CCCC)c1cccc(-c2ccc(C(F)(F)F)cc2)n1. The highest BCUT2D eigenvalue weighted by atomic mass is 19.4. The number of carboxylic acids is 1. The fraction of sp³-hybridized carbons (Fsp3) is 0.267. The highest BCUT2D eigenvalue weighted by molar-refractivity contribution is 5.85. The van der Waals surface area contributed by atoms with Gasteiger partial charge in [-0.2, -0.15) is 13.2 Å². The molecule has 200 valence electrons. The lowest BCUT2D eigenvalue weighted by Crippen LogP contribution is -2.12. The Morgan fingerprint density at radius 2 is 1.89 bits per heavy atom. The van der Waals surface area contributed by atoms with Crippen LogP contribution in [0.25, 0.3) is 17.3 Å². The van der Waals surface area contributed by atoms with E-state index >= 15 is 0 Å². The molecule has 1 atom stereocenters. The number of rotatable bonds is 12. The minimum Gasteiger partial charge on any atom is -0.493 e. The Morgan fingerprint density at radius 1 is 1.16 bits per heavy atom. The number of pyridine rings is 1. The molecule has 0 bridgehead atoms. The van der Waals surface area contributed by atoms with E-state index in [9.17, 15) is 18.0 Å². The van der Waals surface area contributed by atoms with Crippen molar-refractivity contribution in [3.63, 3.8) is 0 Å². The first-order chi connectivity index (χ1) is 18.2. The fourth-order valence-corrected chi connectivity index (χ4v) is 3.96. The molecule has 0 aliphatic heterocycles. The van der Waals surface area contributed by atoms with Crippen molar-refractivity contribution in [2.75, 3.05) is 7.11 Å². The summed E-state index contributed by atoms with van der Waals surface area (Å²) in [6.45, 7) is 5.88. The highest BCUT2D eigenvalue weighted by Crippen LogP contribution is 2.38. The second kappa shape index (κ2) is 12.9. The first kappa shape index (κ1) is 28.5. The average Bonchev–Trinajstić information content (AvgIpc) is 2.90. The predicted octanol–water partition coefficient (Wildman–Crippen LogP) is 7.91. The van der Waals surface area contributed by atoms with Crippen LogP contribution in [0.15, 0.2) is 73.3 Å². The van der Waals surface area contributed by atoms with E-state index < -0.39 is 23.8 Å². The zero-order chi connectivity index (χ0) is 27.7. The summed E-state index contributed by atoms with van der Waals surface area (Å²) in [4.78, 5) is 15.7. The van der Waals surface area contributed by atoms with Gasteiger partial charge in [-0.25, -0.2) is 9.78 Å². The number of hydrogen-bond donors (Lipinski definition) is 1. The molecule has 0 aliphatic carbocycles. The Kier molecular flexibility index (Phi) is 9.71. The molecule has 3 rings (SSSR count). The quantitative estimate of drug-likeness (QED) is 0.192. The number of alkyl halides is 3. The van der Waals surface area contributed by atoms with E-state index in [2.05, 4.69) is 13.5 Å². The maximum atomic E-state index is 13.0. The largest absolute Gasteiger partial charge is 0.493 e. The van der Waals surface area contributed by atoms with Crippen LogP contribution in [0.4, 0.5) is 13.2 Å². The summed E-state index contributed by atoms with van der Waals surface area (Å²) < 4.78 is 51.1. The van der Waals surface area contributed by atoms with Gasteiger partial charge in [0.15, 0.2) is 11.5 Å². The molecule has 1 aromatic heterocycles. The summed E-state index contributed by atoms with van der Waals surface area (Å²) in [6, 6.07) is 13.8. The Hall–Kier alpha value is -4.07. The van der Waals surface area contributed by atoms with Gasteiger partial charge in [0.05, 0.1) is 24.1 Å². The summed E-state index contributed by atoms with van der Waals surface area (Å²) in [7, 11) is 1.51. The Labute approximate surface area is 220 Å². The Balaban J connectivity index is 2.00. The number of ether oxygens (including phenoxy) is 2. The third kappa shape index (κ3) is 7.47. The molecule has 38 heavy (non-hydrogen) atoms. The van der Waals surface area contributed by atoms with Gasteiger partial charge >= 0.3 is 12.1 Å². The van der Waals surface area contributed by atoms with E-state index in [0.29, 0.717) is 46.9 Å². The van der Waals surface area contributed by atoms with Gasteiger partial charge in [-0.15, -0.1) is 6.58 Å². The van der Waals surface area contributed by atoms with Gasteiger partial charge in [-0.3, -0.25) is 0 Å². The standard InChI is InChI=1S/C30H30F3NO4/c1-4-6-11-26(25-10-7-9-24(34-25)21-13-15-23(16-14-21)30(31,32)33)38-29-22(8-5-2)18-20(12-17-28(35)36)19-27(29)37-3/h5,7,9-10,12-19,26H,2,4,6,8,11H2,1,3H3,(H,35,36). The Morgan fingerprint density at radius 3 is 2.50 bits per heavy atom. The van der Waals surface area contributed by atoms with Crippen molar-refractivity contribution in [1.82, 2.24) is 4.98 Å². The van der Waals surface area contributed by atoms with Crippen molar-refractivity contribution in [1.29, 1.82) is 0 Å². The molecule has 0 saturated carbocycles. The minimum absolute atomic E-state index is 0.440. The smallest absolute Gasteiger partial charge is 0.416 e. The number of aliphatic carboxylic acids is 1. The summed E-state index contributed by atoms with van der Waals surface area (Å²) in [5.74, 6) is -0.120. The number of methoxy groups -OCH3 is 1. The van der Waals surface area contributed by atoms with Crippen LogP contribution in [0.1, 0.15) is 54.7 Å². The maximum Gasteiger partial charge on any atom is 0.416 e. The van der Waals surface area contributed by atoms with Gasteiger partial charge < -0.3 is 14.6 Å². The summed E-state index contributed by atoms with van der Waals surface area (Å²) in [5, 5.41) is 8.99. The number of unbranched alkanes of at least 4 members (excludes halogenated alkanes) is 1. The molecule has 0 aliphatic rings. The molecule has 1 N–H and O–H groups in total. The number of nitrogens with zero attached hydrogens (tertiary/aromatic N) is 1. The maximum absolute atomic E-state index is 13.0. The van der Waals surface area contributed by atoms with Gasteiger partial charge in [0.1, 0.15) is 6.10 Å². The Bertz CT molecular complexity index is 1280. The molecule has 5 nitrogen and oxygen atoms in total. The average molecular weight is 526 g/mol. The molecule has 0 amide bonds. The van der Waals surface area contributed by atoms with Crippen LogP contribution in [-0.2, 0) is 17.4 Å². The number of benzene rings is 2. The van der Waals surface area contributed by atoms with Crippen LogP contribution in [0.3, 0.4) is 0 Å². The third-order valence-corrected chi connectivity index (χ3v) is 5.85. The zero-order valence-corrected chi connectivity index (χ0v) is 21.3. The molecule has 2 aromatic carbocycles. The minimum atomic E-state index is -4.41. The first-order valence-corrected chi connectivity index (χ1v) is 12.2. The summed E-state index contributed by atoms with van der Waals surface area (Å²) >= 11 is 0. The first-order valence-electron chi connectivity index (χ1n) is 12.2. The molecule has 0 saturated heterocycles. The molecule has 0 radical (unpaired) electrons. The van der Waals surface area contributed by atoms with Crippen molar-refractivity contribution < 1.29 is 32.5 Å². The van der Waals surface area contributed by atoms with Crippen molar-refractivity contribution in [2.45, 2.75) is 44.9 Å². The van der Waals surface area contributed by atoms with Crippen LogP contribution < -0.4 is 9.47 Å². The lowest BCUT2D eigenvalue weighted by molar-refractivity contribution is -0.137. The van der Waals surface area contributed by atoms with Crippen LogP contribution in [0.2, 0.25) is 0 Å². The molecule has 3 aromatic rings. The van der Waals surface area contributed by atoms with Crippen LogP contribution in [0, 0.1) is 0 Å². The number of allylic oxidation sites excluding steroid dienone is 1. The number of carboxylic acid groups (broad SMARTS) is 1. The van der Waals surface area contributed by atoms with Gasteiger partial charge in [0.25, 0.3) is 0 Å². The number of carbonyl (C=O) groups is 1. The van der Waals surface area contributed by atoms with Crippen molar-refractivity contribution in [3.05, 3.63) is 95.7 Å². The molecule has 0 spiro atoms. The topological polar surface area (TPSA) is 68.7 Å². The van der Waals surface area contributed by atoms with Gasteiger partial charge in [0, 0.05) is 17.2 Å². The van der Waals surface area contributed by atoms with Gasteiger partial charge in [-0.05, 0) is 67.3 Å². The molecule has 1 unspecified atom stereocenters. The van der Waals surface area contributed by atoms with Crippen LogP contribution in [0.5, 0.6) is 11.5 Å². The summed E-state index contributed by atoms with van der Waals surface area (Å²) in [5.41, 5.74) is 2.43. The molecular formula is C30H30F3NO4. The van der Waals surface area contributed by atoms with Gasteiger partial charge in [0.2, 0.25) is 0 Å². The van der Waals surface area contributed by atoms with Crippen molar-refractivity contribution in [3.8, 4) is 22.8 Å². The lowest BCUT2D eigenvalue weighted by Gasteiger charge is -2.23. The molecular weight excluding hydrogens is 495 g/mol. The second-order valence-corrected chi connectivity index (χ2v) is 8.65. The lowest BCUT2D eigenvalue weighted by atomic mass is 10.0. The number of aromatic nitrogens is 1. The fourth-order valence-electron chi connectivity index (χ4n) is 3.96. The monoisotopic (exact) mass is 525 g/mol. The van der Waals surface area contributed by atoms with E-state index in [4.69, 9.17) is 19.6 Å². The molecule has 1 heterocycles. The molecule has 0 fully saturated rings. The van der Waals surface area contributed by atoms with Crippen molar-refractivity contribution in [2.24, 2.45) is 0 Å². The number of hydrogen-bond acceptors (Lipinski definition) is 4. The number of halogens is 3. The molecule has 8 heteroatoms. The van der Waals surface area contributed by atoms with E-state index in [0.717, 1.165) is 36.6 Å². The van der Waals surface area contributed by atoms with Crippen LogP contribution >= 0.6 is 0 Å². The second-order valence-electron chi connectivity index (χ2n) is 8.65. The van der Waals surface area contributed by atoms with E-state index in [-0.39, 0.29) is 0 Å². The van der Waals surface area contributed by atoms with Gasteiger partial charge in [-0.1, -0.05) is 37.6 Å². The highest BCUT2D eigenvalue weighted by Gasteiger charge is 2.30. The van der Waals surface area contributed by atoms with E-state index in [1.165, 1.54) is 25.3 Å². The third-order valence-electron chi connectivity index (χ3n) is 5.85. The predicted molar refractivity (Wildman–Crippen MR) is 141 cm³/mol.